The monoisotopic (exact) mass is 396 g/mol. The van der Waals surface area contributed by atoms with Gasteiger partial charge in [0.05, 0.1) is 11.4 Å². The molecule has 138 valence electrons. The van der Waals surface area contributed by atoms with Crippen LogP contribution in [0.3, 0.4) is 0 Å². The molecule has 0 aliphatic carbocycles. The number of terminal acetylenes is 1. The molecule has 1 aromatic carbocycles. The number of carbonyl (C=O) groups is 1. The van der Waals surface area contributed by atoms with E-state index in [0.29, 0.717) is 4.31 Å². The smallest absolute Gasteiger partial charge is 0.273 e. The van der Waals surface area contributed by atoms with Crippen molar-refractivity contribution in [3.63, 3.8) is 0 Å². The predicted molar refractivity (Wildman–Crippen MR) is 92.6 cm³/mol. The van der Waals surface area contributed by atoms with E-state index in [0.717, 1.165) is 6.26 Å². The number of nitrogens with zero attached hydrogens (tertiary/aromatic N) is 2. The number of hydrogen-bond donors (Lipinski definition) is 0. The Morgan fingerprint density at radius 3 is 2.19 bits per heavy atom. The highest BCUT2D eigenvalue weighted by Crippen LogP contribution is 2.25. The summed E-state index contributed by atoms with van der Waals surface area (Å²) in [5, 5.41) is 3.59. The summed E-state index contributed by atoms with van der Waals surface area (Å²) in [6, 6.07) is 4.90. The molecule has 0 N–H and O–H groups in total. The summed E-state index contributed by atoms with van der Waals surface area (Å²) in [5.74, 6) is 1.29. The van der Waals surface area contributed by atoms with Gasteiger partial charge in [-0.15, -0.1) is 6.42 Å². The second-order valence-corrected chi connectivity index (χ2v) is 9.29. The van der Waals surface area contributed by atoms with E-state index in [4.69, 9.17) is 10.9 Å². The largest absolute Gasteiger partial charge is 0.360 e. The molecule has 1 aromatic heterocycles. The minimum Gasteiger partial charge on any atom is -0.360 e. The minimum absolute atomic E-state index is 0.00568. The van der Waals surface area contributed by atoms with Crippen molar-refractivity contribution in [3.05, 3.63) is 41.3 Å². The highest BCUT2D eigenvalue weighted by molar-refractivity contribution is 7.90. The van der Waals surface area contributed by atoms with Crippen LogP contribution in [0, 0.1) is 26.2 Å². The average Bonchev–Trinajstić information content (AvgIpc) is 2.90. The van der Waals surface area contributed by atoms with Crippen LogP contribution in [0.25, 0.3) is 0 Å². The van der Waals surface area contributed by atoms with Gasteiger partial charge in [-0.3, -0.25) is 4.79 Å². The van der Waals surface area contributed by atoms with Gasteiger partial charge in [0.1, 0.15) is 5.69 Å². The number of carbonyl (C=O) groups excluding carboxylic acids is 1. The summed E-state index contributed by atoms with van der Waals surface area (Å²) < 4.78 is 54.2. The number of rotatable bonds is 5. The van der Waals surface area contributed by atoms with E-state index < -0.39 is 32.3 Å². The Morgan fingerprint density at radius 1 is 1.19 bits per heavy atom. The van der Waals surface area contributed by atoms with Crippen molar-refractivity contribution < 1.29 is 26.2 Å². The number of benzene rings is 1. The topological polar surface area (TPSA) is 115 Å². The number of amides is 1. The zero-order chi connectivity index (χ0) is 19.7. The normalized spacial score (nSPS) is 11.8. The Kier molecular flexibility index (Phi) is 5.25. The molecular formula is C16H16N2O6S2. The third-order valence-electron chi connectivity index (χ3n) is 3.51. The van der Waals surface area contributed by atoms with Crippen LogP contribution in [0.5, 0.6) is 0 Å². The Hall–Kier alpha value is -2.64. The summed E-state index contributed by atoms with van der Waals surface area (Å²) in [6.45, 7) is 2.34. The predicted octanol–water partition coefficient (Wildman–Crippen LogP) is 1.16. The minimum atomic E-state index is -4.30. The van der Waals surface area contributed by atoms with Crippen LogP contribution in [0.2, 0.25) is 0 Å². The van der Waals surface area contributed by atoms with Crippen LogP contribution in [0.4, 0.5) is 0 Å². The first-order chi connectivity index (χ1) is 12.0. The summed E-state index contributed by atoms with van der Waals surface area (Å²) in [7, 11) is -7.75. The molecule has 0 aliphatic rings. The zero-order valence-electron chi connectivity index (χ0n) is 14.3. The summed E-state index contributed by atoms with van der Waals surface area (Å²) >= 11 is 0. The lowest BCUT2D eigenvalue weighted by Gasteiger charge is -2.20. The van der Waals surface area contributed by atoms with Gasteiger partial charge in [0.2, 0.25) is 0 Å². The first kappa shape index (κ1) is 19.7. The van der Waals surface area contributed by atoms with Crippen LogP contribution in [-0.4, -0.2) is 45.0 Å². The molecule has 0 fully saturated rings. The van der Waals surface area contributed by atoms with Crippen molar-refractivity contribution in [2.45, 2.75) is 23.6 Å². The molecule has 26 heavy (non-hydrogen) atoms. The molecule has 2 aromatic rings. The van der Waals surface area contributed by atoms with E-state index in [-0.39, 0.29) is 26.8 Å². The van der Waals surface area contributed by atoms with Gasteiger partial charge in [-0.1, -0.05) is 11.1 Å². The quantitative estimate of drug-likeness (QED) is 0.697. The molecule has 0 atom stereocenters. The summed E-state index contributed by atoms with van der Waals surface area (Å²) in [4.78, 5) is 12.5. The van der Waals surface area contributed by atoms with Crippen molar-refractivity contribution >= 4 is 25.8 Å². The SMILES string of the molecule is C#CCN(C(=O)c1ccc(S(C)(=O)=O)cc1)S(=O)(=O)c1c(C)noc1C. The van der Waals surface area contributed by atoms with E-state index in [9.17, 15) is 21.6 Å². The average molecular weight is 396 g/mol. The van der Waals surface area contributed by atoms with E-state index in [2.05, 4.69) is 11.1 Å². The third kappa shape index (κ3) is 3.63. The fourth-order valence-electron chi connectivity index (χ4n) is 2.29. The van der Waals surface area contributed by atoms with Crippen molar-refractivity contribution in [3.8, 4) is 12.3 Å². The van der Waals surface area contributed by atoms with Gasteiger partial charge in [0.25, 0.3) is 15.9 Å². The van der Waals surface area contributed by atoms with Gasteiger partial charge < -0.3 is 4.52 Å². The molecule has 0 spiro atoms. The Balaban J connectivity index is 2.51. The molecule has 10 heteroatoms. The van der Waals surface area contributed by atoms with Crippen molar-refractivity contribution in [1.29, 1.82) is 0 Å². The van der Waals surface area contributed by atoms with Crippen LogP contribution in [-0.2, 0) is 19.9 Å². The zero-order valence-corrected chi connectivity index (χ0v) is 15.9. The fourth-order valence-corrected chi connectivity index (χ4v) is 4.52. The maximum absolute atomic E-state index is 12.9. The maximum atomic E-state index is 12.9. The van der Waals surface area contributed by atoms with Gasteiger partial charge in [0, 0.05) is 11.8 Å². The van der Waals surface area contributed by atoms with E-state index in [1.165, 1.54) is 38.1 Å². The highest BCUT2D eigenvalue weighted by Gasteiger charge is 2.34. The first-order valence-corrected chi connectivity index (χ1v) is 10.6. The molecule has 1 heterocycles. The lowest BCUT2D eigenvalue weighted by atomic mass is 10.2. The van der Waals surface area contributed by atoms with Gasteiger partial charge in [0.15, 0.2) is 20.5 Å². The number of hydrogen-bond acceptors (Lipinski definition) is 7. The second kappa shape index (κ2) is 6.93. The van der Waals surface area contributed by atoms with Crippen LogP contribution in [0.15, 0.2) is 38.6 Å². The molecule has 8 nitrogen and oxygen atoms in total. The van der Waals surface area contributed by atoms with Crippen LogP contribution < -0.4 is 0 Å². The Morgan fingerprint density at radius 2 is 1.77 bits per heavy atom. The Bertz CT molecular complexity index is 1070. The van der Waals surface area contributed by atoms with Gasteiger partial charge in [-0.25, -0.2) is 21.1 Å². The maximum Gasteiger partial charge on any atom is 0.273 e. The Labute approximate surface area is 151 Å². The summed E-state index contributed by atoms with van der Waals surface area (Å²) in [5.41, 5.74) is 0.0766. The molecule has 0 saturated heterocycles. The molecule has 0 saturated carbocycles. The van der Waals surface area contributed by atoms with E-state index in [1.807, 2.05) is 0 Å². The summed E-state index contributed by atoms with van der Waals surface area (Å²) in [6.07, 6.45) is 6.25. The van der Waals surface area contributed by atoms with Crippen molar-refractivity contribution in [1.82, 2.24) is 9.46 Å². The number of aryl methyl sites for hydroxylation is 2. The van der Waals surface area contributed by atoms with Gasteiger partial charge in [-0.05, 0) is 38.1 Å². The van der Waals surface area contributed by atoms with Gasteiger partial charge in [-0.2, -0.15) is 0 Å². The van der Waals surface area contributed by atoms with Crippen molar-refractivity contribution in [2.75, 3.05) is 12.8 Å². The second-order valence-electron chi connectivity index (χ2n) is 5.47. The fraction of sp³-hybridized carbons (Fsp3) is 0.250. The molecule has 0 bridgehead atoms. The number of aromatic nitrogens is 1. The molecule has 0 aliphatic heterocycles. The molecule has 1 amide bonds. The van der Waals surface area contributed by atoms with Gasteiger partial charge >= 0.3 is 0 Å². The standard InChI is InChI=1S/C16H16N2O6S2/c1-5-10-18(26(22,23)15-11(2)17-24-12(15)3)16(19)13-6-8-14(9-7-13)25(4,20)21/h1,6-9H,10H2,2-4H3. The third-order valence-corrected chi connectivity index (χ3v) is 6.61. The van der Waals surface area contributed by atoms with Crippen LogP contribution in [0.1, 0.15) is 21.8 Å². The van der Waals surface area contributed by atoms with E-state index >= 15 is 0 Å². The van der Waals surface area contributed by atoms with Crippen LogP contribution >= 0.6 is 0 Å². The lowest BCUT2D eigenvalue weighted by Crippen LogP contribution is -2.37. The van der Waals surface area contributed by atoms with Crippen molar-refractivity contribution in [2.24, 2.45) is 0 Å². The molecule has 0 unspecified atom stereocenters. The van der Waals surface area contributed by atoms with E-state index in [1.54, 1.807) is 0 Å². The number of sulfone groups is 1. The number of sulfonamides is 1. The first-order valence-electron chi connectivity index (χ1n) is 7.23. The molecule has 2 rings (SSSR count). The highest BCUT2D eigenvalue weighted by atomic mass is 32.2. The molecular weight excluding hydrogens is 380 g/mol. The molecule has 0 radical (unpaired) electrons. The lowest BCUT2D eigenvalue weighted by molar-refractivity contribution is 0.0873.